The van der Waals surface area contributed by atoms with E-state index in [9.17, 15) is 0 Å². The molecule has 0 unspecified atom stereocenters. The highest BCUT2D eigenvalue weighted by Gasteiger charge is 2.10. The van der Waals surface area contributed by atoms with Gasteiger partial charge in [-0.1, -0.05) is 75.8 Å². The molecule has 2 rings (SSSR count). The lowest BCUT2D eigenvalue weighted by molar-refractivity contribution is 0.847. The summed E-state index contributed by atoms with van der Waals surface area (Å²) in [5.74, 6) is 0.553. The lowest BCUT2D eigenvalue weighted by atomic mass is 9.89. The van der Waals surface area contributed by atoms with E-state index in [0.717, 1.165) is 25.8 Å². The third-order valence-corrected chi connectivity index (χ3v) is 4.69. The molecule has 0 saturated heterocycles. The Morgan fingerprint density at radius 2 is 1.93 bits per heavy atom. The van der Waals surface area contributed by atoms with Gasteiger partial charge in [-0.25, -0.2) is 0 Å². The van der Waals surface area contributed by atoms with Crippen molar-refractivity contribution in [2.45, 2.75) is 73.6 Å². The lowest BCUT2D eigenvalue weighted by Crippen LogP contribution is -2.09. The molecule has 1 aliphatic rings. The van der Waals surface area contributed by atoms with Crippen LogP contribution in [-0.2, 0) is 6.42 Å². The van der Waals surface area contributed by atoms with Crippen molar-refractivity contribution < 1.29 is 0 Å². The Bertz CT molecular complexity index is 699. The normalized spacial score (nSPS) is 14.6. The van der Waals surface area contributed by atoms with Crippen LogP contribution in [0.15, 0.2) is 59.8 Å². The fraction of sp³-hybridized carbons (Fsp3) is 0.462. The van der Waals surface area contributed by atoms with Gasteiger partial charge < -0.3 is 5.32 Å². The van der Waals surface area contributed by atoms with E-state index in [2.05, 4.69) is 88.5 Å². The monoisotopic (exact) mass is 365 g/mol. The van der Waals surface area contributed by atoms with Crippen LogP contribution in [0.5, 0.6) is 0 Å². The first kappa shape index (κ1) is 23.0. The van der Waals surface area contributed by atoms with Crippen molar-refractivity contribution in [1.29, 1.82) is 0 Å². The maximum Gasteiger partial charge on any atom is 0.0115 e. The standard InChI is InChI=1S/C24H33N.C2H6/c1-6-25-20(5)16-19(4)12-13-23-17-22(14-15-24(23)18(2)3)21-10-8-7-9-11-21;1-2/h7-8,10,12,14-18,25H,6,9,11,13H2,1-5H3;1-2H3/b19-12-,20-16-;. The predicted molar refractivity (Wildman–Crippen MR) is 123 cm³/mol. The summed E-state index contributed by atoms with van der Waals surface area (Å²) in [6.45, 7) is 16.0. The first-order chi connectivity index (χ1) is 13.0. The van der Waals surface area contributed by atoms with Crippen LogP contribution in [0.2, 0.25) is 0 Å². The molecule has 148 valence electrons. The van der Waals surface area contributed by atoms with Crippen molar-refractivity contribution in [3.63, 3.8) is 0 Å². The van der Waals surface area contributed by atoms with Gasteiger partial charge in [0, 0.05) is 12.2 Å². The minimum Gasteiger partial charge on any atom is -0.389 e. The molecule has 1 aromatic carbocycles. The summed E-state index contributed by atoms with van der Waals surface area (Å²) in [4.78, 5) is 0. The molecule has 0 aliphatic heterocycles. The van der Waals surface area contributed by atoms with E-state index in [1.165, 1.54) is 33.5 Å². The van der Waals surface area contributed by atoms with Gasteiger partial charge in [0.1, 0.15) is 0 Å². The molecule has 0 spiro atoms. The zero-order valence-corrected chi connectivity index (χ0v) is 18.5. The van der Waals surface area contributed by atoms with Crippen LogP contribution in [0.3, 0.4) is 0 Å². The summed E-state index contributed by atoms with van der Waals surface area (Å²) in [5.41, 5.74) is 8.31. The molecule has 0 amide bonds. The summed E-state index contributed by atoms with van der Waals surface area (Å²) in [7, 11) is 0. The molecule has 1 aliphatic carbocycles. The zero-order valence-electron chi connectivity index (χ0n) is 18.5. The molecular weight excluding hydrogens is 326 g/mol. The van der Waals surface area contributed by atoms with Gasteiger partial charge in [0.25, 0.3) is 0 Å². The molecule has 0 atom stereocenters. The summed E-state index contributed by atoms with van der Waals surface area (Å²) >= 11 is 0. The van der Waals surface area contributed by atoms with Crippen molar-refractivity contribution >= 4 is 5.57 Å². The molecule has 0 aromatic heterocycles. The Morgan fingerprint density at radius 3 is 2.52 bits per heavy atom. The summed E-state index contributed by atoms with van der Waals surface area (Å²) in [5, 5.41) is 3.36. The highest BCUT2D eigenvalue weighted by Crippen LogP contribution is 2.28. The Labute approximate surface area is 168 Å². The van der Waals surface area contributed by atoms with Crippen molar-refractivity contribution in [3.05, 3.63) is 76.5 Å². The van der Waals surface area contributed by atoms with Crippen molar-refractivity contribution in [3.8, 4) is 0 Å². The quantitative estimate of drug-likeness (QED) is 0.491. The van der Waals surface area contributed by atoms with E-state index < -0.39 is 0 Å². The van der Waals surface area contributed by atoms with Gasteiger partial charge in [-0.3, -0.25) is 0 Å². The minimum absolute atomic E-state index is 0.553. The smallest absolute Gasteiger partial charge is 0.0115 e. The van der Waals surface area contributed by atoms with Crippen LogP contribution in [0.4, 0.5) is 0 Å². The fourth-order valence-electron chi connectivity index (χ4n) is 3.39. The molecule has 0 heterocycles. The van der Waals surface area contributed by atoms with Gasteiger partial charge in [-0.05, 0) is 74.3 Å². The molecule has 1 nitrogen and oxygen atoms in total. The van der Waals surface area contributed by atoms with Crippen LogP contribution < -0.4 is 5.32 Å². The summed E-state index contributed by atoms with van der Waals surface area (Å²) in [6.07, 6.45) is 14.6. The maximum atomic E-state index is 3.36. The average molecular weight is 366 g/mol. The van der Waals surface area contributed by atoms with E-state index in [1.54, 1.807) is 0 Å². The number of rotatable bonds is 7. The fourth-order valence-corrected chi connectivity index (χ4v) is 3.39. The number of hydrogen-bond donors (Lipinski definition) is 1. The predicted octanol–water partition coefficient (Wildman–Crippen LogP) is 7.57. The molecule has 0 bridgehead atoms. The molecule has 1 aromatic rings. The highest BCUT2D eigenvalue weighted by molar-refractivity contribution is 5.69. The van der Waals surface area contributed by atoms with Crippen LogP contribution in [0.25, 0.3) is 5.57 Å². The molecular formula is C26H39N. The van der Waals surface area contributed by atoms with Crippen molar-refractivity contribution in [1.82, 2.24) is 5.32 Å². The highest BCUT2D eigenvalue weighted by atomic mass is 14.9. The number of nitrogens with one attached hydrogen (secondary N) is 1. The molecule has 0 fully saturated rings. The molecule has 1 heteroatoms. The largest absolute Gasteiger partial charge is 0.389 e. The van der Waals surface area contributed by atoms with Crippen LogP contribution in [-0.4, -0.2) is 6.54 Å². The van der Waals surface area contributed by atoms with E-state index in [4.69, 9.17) is 0 Å². The maximum absolute atomic E-state index is 3.36. The van der Waals surface area contributed by atoms with E-state index in [-0.39, 0.29) is 0 Å². The third kappa shape index (κ3) is 7.62. The van der Waals surface area contributed by atoms with Gasteiger partial charge >= 0.3 is 0 Å². The Kier molecular flexibility index (Phi) is 10.6. The molecule has 1 N–H and O–H groups in total. The minimum atomic E-state index is 0.553. The summed E-state index contributed by atoms with van der Waals surface area (Å²) in [6, 6.07) is 7.04. The molecule has 0 radical (unpaired) electrons. The van der Waals surface area contributed by atoms with Gasteiger partial charge in [-0.15, -0.1) is 0 Å². The van der Waals surface area contributed by atoms with E-state index in [0.29, 0.717) is 5.92 Å². The van der Waals surface area contributed by atoms with Gasteiger partial charge in [0.05, 0.1) is 0 Å². The second-order valence-corrected chi connectivity index (χ2v) is 7.24. The Balaban J connectivity index is 0.00000176. The van der Waals surface area contributed by atoms with Crippen LogP contribution in [0.1, 0.15) is 83.9 Å². The van der Waals surface area contributed by atoms with Crippen LogP contribution >= 0.6 is 0 Å². The first-order valence-electron chi connectivity index (χ1n) is 10.6. The molecule has 0 saturated carbocycles. The van der Waals surface area contributed by atoms with Crippen LogP contribution in [0, 0.1) is 0 Å². The van der Waals surface area contributed by atoms with Gasteiger partial charge in [0.15, 0.2) is 0 Å². The number of benzene rings is 1. The molecule has 27 heavy (non-hydrogen) atoms. The van der Waals surface area contributed by atoms with E-state index >= 15 is 0 Å². The van der Waals surface area contributed by atoms with Gasteiger partial charge in [0.2, 0.25) is 0 Å². The number of allylic oxidation sites excluding steroid dienone is 8. The average Bonchev–Trinajstić information content (AvgIpc) is 2.68. The third-order valence-electron chi connectivity index (χ3n) is 4.69. The van der Waals surface area contributed by atoms with E-state index in [1.807, 2.05) is 13.8 Å². The topological polar surface area (TPSA) is 12.0 Å². The van der Waals surface area contributed by atoms with Gasteiger partial charge in [-0.2, -0.15) is 0 Å². The zero-order chi connectivity index (χ0) is 20.2. The number of hydrogen-bond acceptors (Lipinski definition) is 1. The van der Waals surface area contributed by atoms with Crippen molar-refractivity contribution in [2.75, 3.05) is 6.54 Å². The Hall–Kier alpha value is -2.02. The summed E-state index contributed by atoms with van der Waals surface area (Å²) < 4.78 is 0. The second-order valence-electron chi connectivity index (χ2n) is 7.24. The Morgan fingerprint density at radius 1 is 1.19 bits per heavy atom. The second kappa shape index (κ2) is 12.4. The van der Waals surface area contributed by atoms with Crippen molar-refractivity contribution in [2.24, 2.45) is 0 Å². The SMILES string of the molecule is CC.CCN/C(C)=C\C(C)=C/Cc1cc(C2=CC=CCC2)ccc1C(C)C. The lowest BCUT2D eigenvalue weighted by Gasteiger charge is -2.16. The first-order valence-corrected chi connectivity index (χ1v) is 10.6.